The minimum Gasteiger partial charge on any atom is -0.381 e. The maximum atomic E-state index is 5.31. The van der Waals surface area contributed by atoms with E-state index in [1.165, 1.54) is 0 Å². The van der Waals surface area contributed by atoms with E-state index >= 15 is 0 Å². The topological polar surface area (TPSA) is 61.0 Å². The number of hydrogen-bond acceptors (Lipinski definition) is 6. The molecular weight excluding hydrogens is 238 g/mol. The molecule has 2 aromatic rings. The molecule has 90 valence electrons. The number of nitrogens with zero attached hydrogens (tertiary/aromatic N) is 3. The highest BCUT2D eigenvalue weighted by atomic mass is 32.1. The van der Waals surface area contributed by atoms with Crippen LogP contribution in [0.1, 0.15) is 34.8 Å². The number of thiazole rings is 1. The maximum absolute atomic E-state index is 5.31. The van der Waals surface area contributed by atoms with Crippen molar-refractivity contribution in [2.45, 2.75) is 25.7 Å². The summed E-state index contributed by atoms with van der Waals surface area (Å²) in [5.41, 5.74) is 0.991. The number of rotatable bonds is 3. The molecule has 1 aliphatic heterocycles. The van der Waals surface area contributed by atoms with Gasteiger partial charge in [0.05, 0.1) is 23.7 Å². The largest absolute Gasteiger partial charge is 0.381 e. The Bertz CT molecular complexity index is 502. The molecule has 0 radical (unpaired) electrons. The number of aromatic nitrogens is 3. The Morgan fingerprint density at radius 1 is 1.47 bits per heavy atom. The smallest absolute Gasteiger partial charge is 0.232 e. The monoisotopic (exact) mass is 251 g/mol. The van der Waals surface area contributed by atoms with Crippen molar-refractivity contribution in [2.24, 2.45) is 0 Å². The molecule has 0 amide bonds. The molecule has 0 bridgehead atoms. The van der Waals surface area contributed by atoms with E-state index < -0.39 is 0 Å². The summed E-state index contributed by atoms with van der Waals surface area (Å²) in [5.74, 6) is 1.70. The van der Waals surface area contributed by atoms with Gasteiger partial charge in [-0.2, -0.15) is 4.98 Å². The van der Waals surface area contributed by atoms with E-state index in [1.807, 2.05) is 12.3 Å². The Balaban J connectivity index is 1.71. The van der Waals surface area contributed by atoms with E-state index in [2.05, 4.69) is 15.1 Å². The first-order valence-electron chi connectivity index (χ1n) is 5.62. The molecule has 3 rings (SSSR count). The minimum absolute atomic E-state index is 0.296. The molecule has 0 aromatic carbocycles. The van der Waals surface area contributed by atoms with E-state index in [0.717, 1.165) is 29.6 Å². The molecule has 0 saturated carbocycles. The van der Waals surface area contributed by atoms with Gasteiger partial charge in [-0.25, -0.2) is 4.98 Å². The fourth-order valence-electron chi connectivity index (χ4n) is 1.89. The average molecular weight is 251 g/mol. The Morgan fingerprint density at radius 2 is 2.41 bits per heavy atom. The van der Waals surface area contributed by atoms with E-state index in [0.29, 0.717) is 24.8 Å². The van der Waals surface area contributed by atoms with Gasteiger partial charge < -0.3 is 9.26 Å². The molecule has 2 aromatic heterocycles. The lowest BCUT2D eigenvalue weighted by Crippen LogP contribution is -2.00. The Hall–Kier alpha value is -1.27. The minimum atomic E-state index is 0.296. The van der Waals surface area contributed by atoms with Crippen LogP contribution in [-0.4, -0.2) is 28.3 Å². The maximum Gasteiger partial charge on any atom is 0.232 e. The Kier molecular flexibility index (Phi) is 2.90. The second-order valence-corrected chi connectivity index (χ2v) is 5.20. The third-order valence-electron chi connectivity index (χ3n) is 2.78. The Labute approximate surface area is 103 Å². The van der Waals surface area contributed by atoms with Crippen LogP contribution >= 0.6 is 11.3 Å². The first kappa shape index (κ1) is 10.9. The molecule has 1 aliphatic rings. The molecule has 1 atom stereocenters. The van der Waals surface area contributed by atoms with Crippen LogP contribution in [0.4, 0.5) is 0 Å². The van der Waals surface area contributed by atoms with Crippen LogP contribution in [0.25, 0.3) is 0 Å². The summed E-state index contributed by atoms with van der Waals surface area (Å²) in [7, 11) is 0. The summed E-state index contributed by atoms with van der Waals surface area (Å²) < 4.78 is 10.5. The summed E-state index contributed by atoms with van der Waals surface area (Å²) in [6, 6.07) is 0. The van der Waals surface area contributed by atoms with Gasteiger partial charge in [0.15, 0.2) is 5.82 Å². The van der Waals surface area contributed by atoms with Crippen LogP contribution in [0.15, 0.2) is 9.90 Å². The van der Waals surface area contributed by atoms with Gasteiger partial charge in [0.2, 0.25) is 5.89 Å². The summed E-state index contributed by atoms with van der Waals surface area (Å²) in [6.45, 7) is 3.48. The fraction of sp³-hybridized carbons (Fsp3) is 0.545. The summed E-state index contributed by atoms with van der Waals surface area (Å²) in [6.07, 6.45) is 1.60. The van der Waals surface area contributed by atoms with Gasteiger partial charge in [0, 0.05) is 17.9 Å². The Morgan fingerprint density at radius 3 is 3.12 bits per heavy atom. The van der Waals surface area contributed by atoms with Gasteiger partial charge in [0.25, 0.3) is 0 Å². The SMILES string of the molecule is Cc1nc(Cc2nc([C@@H]3CCOC3)no2)cs1. The van der Waals surface area contributed by atoms with Crippen LogP contribution in [0.2, 0.25) is 0 Å². The second-order valence-electron chi connectivity index (χ2n) is 4.14. The number of ether oxygens (including phenoxy) is 1. The van der Waals surface area contributed by atoms with Gasteiger partial charge in [-0.05, 0) is 13.3 Å². The van der Waals surface area contributed by atoms with Gasteiger partial charge in [-0.3, -0.25) is 0 Å². The lowest BCUT2D eigenvalue weighted by molar-refractivity contribution is 0.192. The van der Waals surface area contributed by atoms with Crippen LogP contribution in [-0.2, 0) is 11.2 Å². The van der Waals surface area contributed by atoms with E-state index in [1.54, 1.807) is 11.3 Å². The molecule has 6 heteroatoms. The van der Waals surface area contributed by atoms with Crippen molar-refractivity contribution < 1.29 is 9.26 Å². The zero-order chi connectivity index (χ0) is 11.7. The normalized spacial score (nSPS) is 19.9. The van der Waals surface area contributed by atoms with Crippen LogP contribution in [0, 0.1) is 6.92 Å². The average Bonchev–Trinajstić information content (AvgIpc) is 3.00. The quantitative estimate of drug-likeness (QED) is 0.834. The summed E-state index contributed by atoms with van der Waals surface area (Å²) in [4.78, 5) is 8.78. The number of aryl methyl sites for hydroxylation is 1. The molecule has 17 heavy (non-hydrogen) atoms. The summed E-state index contributed by atoms with van der Waals surface area (Å²) in [5, 5.41) is 7.10. The van der Waals surface area contributed by atoms with Gasteiger partial charge >= 0.3 is 0 Å². The van der Waals surface area contributed by atoms with Crippen molar-refractivity contribution in [1.82, 2.24) is 15.1 Å². The van der Waals surface area contributed by atoms with Crippen LogP contribution < -0.4 is 0 Å². The van der Waals surface area contributed by atoms with Crippen molar-refractivity contribution in [2.75, 3.05) is 13.2 Å². The highest BCUT2D eigenvalue weighted by molar-refractivity contribution is 7.09. The predicted octanol–water partition coefficient (Wildman–Crippen LogP) is 1.93. The van der Waals surface area contributed by atoms with Crippen LogP contribution in [0.3, 0.4) is 0 Å². The lowest BCUT2D eigenvalue weighted by Gasteiger charge is -1.97. The van der Waals surface area contributed by atoms with Crippen LogP contribution in [0.5, 0.6) is 0 Å². The van der Waals surface area contributed by atoms with E-state index in [-0.39, 0.29) is 0 Å². The zero-order valence-corrected chi connectivity index (χ0v) is 10.4. The molecular formula is C11H13N3O2S. The highest BCUT2D eigenvalue weighted by Gasteiger charge is 2.23. The van der Waals surface area contributed by atoms with Gasteiger partial charge in [-0.15, -0.1) is 11.3 Å². The number of hydrogen-bond donors (Lipinski definition) is 0. The van der Waals surface area contributed by atoms with Crippen molar-refractivity contribution >= 4 is 11.3 Å². The molecule has 0 aliphatic carbocycles. The van der Waals surface area contributed by atoms with Crippen molar-refractivity contribution in [1.29, 1.82) is 0 Å². The third kappa shape index (κ3) is 2.37. The predicted molar refractivity (Wildman–Crippen MR) is 62.1 cm³/mol. The molecule has 0 unspecified atom stereocenters. The second kappa shape index (κ2) is 4.54. The van der Waals surface area contributed by atoms with Crippen molar-refractivity contribution in [3.63, 3.8) is 0 Å². The first-order chi connectivity index (χ1) is 8.31. The summed E-state index contributed by atoms with van der Waals surface area (Å²) >= 11 is 1.63. The van der Waals surface area contributed by atoms with E-state index in [4.69, 9.17) is 9.26 Å². The standard InChI is InChI=1S/C11H13N3O2S/c1-7-12-9(6-17-7)4-10-13-11(14-16-10)8-2-3-15-5-8/h6,8H,2-5H2,1H3/t8-/m1/s1. The third-order valence-corrected chi connectivity index (χ3v) is 3.60. The molecule has 1 saturated heterocycles. The van der Waals surface area contributed by atoms with Crippen molar-refractivity contribution in [3.05, 3.63) is 27.8 Å². The van der Waals surface area contributed by atoms with Gasteiger partial charge in [0.1, 0.15) is 0 Å². The fourth-order valence-corrected chi connectivity index (χ4v) is 2.50. The van der Waals surface area contributed by atoms with Gasteiger partial charge in [-0.1, -0.05) is 5.16 Å². The molecule has 1 fully saturated rings. The highest BCUT2D eigenvalue weighted by Crippen LogP contribution is 2.23. The molecule has 5 nitrogen and oxygen atoms in total. The first-order valence-corrected chi connectivity index (χ1v) is 6.50. The molecule has 0 N–H and O–H groups in total. The molecule has 0 spiro atoms. The van der Waals surface area contributed by atoms with Crippen molar-refractivity contribution in [3.8, 4) is 0 Å². The zero-order valence-electron chi connectivity index (χ0n) is 9.55. The lowest BCUT2D eigenvalue weighted by atomic mass is 10.1. The molecule has 3 heterocycles. The van der Waals surface area contributed by atoms with E-state index in [9.17, 15) is 0 Å².